The quantitative estimate of drug-likeness (QED) is 0.863. The van der Waals surface area contributed by atoms with Crippen molar-refractivity contribution in [3.05, 3.63) is 53.9 Å². The number of pyridine rings is 1. The van der Waals surface area contributed by atoms with Crippen molar-refractivity contribution >= 4 is 11.7 Å². The summed E-state index contributed by atoms with van der Waals surface area (Å²) in [6, 6.07) is 10.9. The Hall–Kier alpha value is -2.56. The Bertz CT molecular complexity index is 625. The molecule has 1 unspecified atom stereocenters. The Morgan fingerprint density at radius 3 is 3.00 bits per heavy atom. The van der Waals surface area contributed by atoms with Crippen LogP contribution in [-0.2, 0) is 4.74 Å². The van der Waals surface area contributed by atoms with Crippen molar-refractivity contribution in [1.82, 2.24) is 4.98 Å². The van der Waals surface area contributed by atoms with Gasteiger partial charge in [0.15, 0.2) is 0 Å². The highest BCUT2D eigenvalue weighted by atomic mass is 16.5. The van der Waals surface area contributed by atoms with Gasteiger partial charge in [-0.05, 0) is 18.2 Å². The minimum atomic E-state index is -0.450. The summed E-state index contributed by atoms with van der Waals surface area (Å²) in [5.74, 6) is 0.484. The van der Waals surface area contributed by atoms with Crippen molar-refractivity contribution in [3.8, 4) is 5.75 Å². The summed E-state index contributed by atoms with van der Waals surface area (Å²) in [4.78, 5) is 15.8. The van der Waals surface area contributed by atoms with Gasteiger partial charge in [-0.25, -0.2) is 9.78 Å². The topological polar surface area (TPSA) is 74.4 Å². The Morgan fingerprint density at radius 2 is 2.20 bits per heavy atom. The molecule has 1 aromatic carbocycles. The number of carbonyl (C=O) groups excluding carboxylic acids is 1. The first kappa shape index (κ1) is 12.5. The lowest BCUT2D eigenvalue weighted by molar-refractivity contribution is 0.0464. The number of aromatic nitrogens is 1. The van der Waals surface area contributed by atoms with Gasteiger partial charge in [0, 0.05) is 5.56 Å². The van der Waals surface area contributed by atoms with Crippen LogP contribution in [0.2, 0.25) is 0 Å². The minimum absolute atomic E-state index is 0.0731. The van der Waals surface area contributed by atoms with Gasteiger partial charge in [-0.15, -0.1) is 0 Å². The van der Waals surface area contributed by atoms with Gasteiger partial charge < -0.3 is 15.2 Å². The van der Waals surface area contributed by atoms with Gasteiger partial charge in [0.2, 0.25) is 0 Å². The number of hydrogen-bond donors (Lipinski definition) is 1. The highest BCUT2D eigenvalue weighted by Crippen LogP contribution is 2.33. The van der Waals surface area contributed by atoms with Crippen LogP contribution in [0.5, 0.6) is 5.75 Å². The zero-order valence-electron chi connectivity index (χ0n) is 10.8. The van der Waals surface area contributed by atoms with Crippen molar-refractivity contribution in [1.29, 1.82) is 0 Å². The Labute approximate surface area is 116 Å². The third-order valence-electron chi connectivity index (χ3n) is 3.21. The molecule has 102 valence electrons. The molecule has 5 heteroatoms. The number of ether oxygens (including phenoxy) is 2. The van der Waals surface area contributed by atoms with Gasteiger partial charge in [-0.1, -0.05) is 18.2 Å². The SMILES string of the molecule is Nc1ccc(C(=O)OCC2COc3ccccc32)nc1. The zero-order valence-corrected chi connectivity index (χ0v) is 10.8. The number of carbonyl (C=O) groups is 1. The van der Waals surface area contributed by atoms with Gasteiger partial charge >= 0.3 is 5.97 Å². The fourth-order valence-corrected chi connectivity index (χ4v) is 2.14. The lowest BCUT2D eigenvalue weighted by Gasteiger charge is -2.09. The molecule has 1 aromatic heterocycles. The lowest BCUT2D eigenvalue weighted by Crippen LogP contribution is -2.15. The van der Waals surface area contributed by atoms with Gasteiger partial charge in [0.1, 0.15) is 18.1 Å². The van der Waals surface area contributed by atoms with E-state index in [0.29, 0.717) is 12.3 Å². The third kappa shape index (κ3) is 2.42. The summed E-state index contributed by atoms with van der Waals surface area (Å²) < 4.78 is 10.8. The van der Waals surface area contributed by atoms with Crippen LogP contribution in [0.4, 0.5) is 5.69 Å². The standard InChI is InChI=1S/C15H14N2O3/c16-11-5-6-13(17-7-11)15(18)20-9-10-8-19-14-4-2-1-3-12(10)14/h1-7,10H,8-9,16H2. The highest BCUT2D eigenvalue weighted by molar-refractivity contribution is 5.87. The van der Waals surface area contributed by atoms with Crippen LogP contribution in [0.25, 0.3) is 0 Å². The largest absolute Gasteiger partial charge is 0.493 e. The summed E-state index contributed by atoms with van der Waals surface area (Å²) in [6.45, 7) is 0.809. The number of benzene rings is 1. The van der Waals surface area contributed by atoms with Crippen LogP contribution in [0.1, 0.15) is 22.0 Å². The summed E-state index contributed by atoms with van der Waals surface area (Å²) >= 11 is 0. The lowest BCUT2D eigenvalue weighted by atomic mass is 10.0. The van der Waals surface area contributed by atoms with Crippen LogP contribution < -0.4 is 10.5 Å². The number of hydrogen-bond acceptors (Lipinski definition) is 5. The molecule has 2 heterocycles. The number of nitrogens with two attached hydrogens (primary N) is 1. The molecule has 0 aliphatic carbocycles. The molecular weight excluding hydrogens is 256 g/mol. The zero-order chi connectivity index (χ0) is 13.9. The monoisotopic (exact) mass is 270 g/mol. The summed E-state index contributed by atoms with van der Waals surface area (Å²) in [5, 5.41) is 0. The van der Waals surface area contributed by atoms with E-state index >= 15 is 0 Å². The maximum Gasteiger partial charge on any atom is 0.356 e. The number of rotatable bonds is 3. The van der Waals surface area contributed by atoms with Crippen LogP contribution in [0.15, 0.2) is 42.6 Å². The van der Waals surface area contributed by atoms with Gasteiger partial charge in [0.05, 0.1) is 24.4 Å². The van der Waals surface area contributed by atoms with Crippen molar-refractivity contribution in [3.63, 3.8) is 0 Å². The molecule has 0 spiro atoms. The first-order valence-electron chi connectivity index (χ1n) is 6.34. The molecule has 0 bridgehead atoms. The number of para-hydroxylation sites is 1. The molecule has 0 saturated carbocycles. The number of anilines is 1. The maximum absolute atomic E-state index is 11.9. The highest BCUT2D eigenvalue weighted by Gasteiger charge is 2.25. The van der Waals surface area contributed by atoms with E-state index in [1.54, 1.807) is 12.1 Å². The minimum Gasteiger partial charge on any atom is -0.493 e. The summed E-state index contributed by atoms with van der Waals surface area (Å²) in [6.07, 6.45) is 1.44. The number of nitrogens with zero attached hydrogens (tertiary/aromatic N) is 1. The predicted molar refractivity (Wildman–Crippen MR) is 73.6 cm³/mol. The molecule has 3 rings (SSSR count). The van der Waals surface area contributed by atoms with E-state index in [1.165, 1.54) is 6.20 Å². The molecule has 20 heavy (non-hydrogen) atoms. The summed E-state index contributed by atoms with van der Waals surface area (Å²) in [5.41, 5.74) is 7.37. The maximum atomic E-state index is 11.9. The fourth-order valence-electron chi connectivity index (χ4n) is 2.14. The van der Waals surface area contributed by atoms with Crippen LogP contribution in [-0.4, -0.2) is 24.2 Å². The van der Waals surface area contributed by atoms with E-state index in [-0.39, 0.29) is 18.2 Å². The van der Waals surface area contributed by atoms with E-state index in [4.69, 9.17) is 15.2 Å². The summed E-state index contributed by atoms with van der Waals surface area (Å²) in [7, 11) is 0. The average Bonchev–Trinajstić information content (AvgIpc) is 2.89. The number of fused-ring (bicyclic) bond motifs is 1. The van der Waals surface area contributed by atoms with Gasteiger partial charge in [-0.2, -0.15) is 0 Å². The molecule has 1 atom stereocenters. The second-order valence-electron chi connectivity index (χ2n) is 4.62. The Morgan fingerprint density at radius 1 is 1.35 bits per heavy atom. The molecule has 5 nitrogen and oxygen atoms in total. The number of esters is 1. The first-order chi connectivity index (χ1) is 9.74. The van der Waals surface area contributed by atoms with Crippen molar-refractivity contribution < 1.29 is 14.3 Å². The average molecular weight is 270 g/mol. The fraction of sp³-hybridized carbons (Fsp3) is 0.200. The first-order valence-corrected chi connectivity index (χ1v) is 6.34. The van der Waals surface area contributed by atoms with E-state index < -0.39 is 5.97 Å². The molecular formula is C15H14N2O3. The Balaban J connectivity index is 1.63. The third-order valence-corrected chi connectivity index (χ3v) is 3.21. The molecule has 1 aliphatic heterocycles. The molecule has 0 radical (unpaired) electrons. The van der Waals surface area contributed by atoms with Crippen LogP contribution in [0, 0.1) is 0 Å². The predicted octanol–water partition coefficient (Wildman–Crippen LogP) is 2.00. The molecule has 0 fully saturated rings. The van der Waals surface area contributed by atoms with E-state index in [0.717, 1.165) is 11.3 Å². The second-order valence-corrected chi connectivity index (χ2v) is 4.62. The number of nitrogen functional groups attached to an aromatic ring is 1. The molecule has 0 saturated heterocycles. The second kappa shape index (κ2) is 5.21. The van der Waals surface area contributed by atoms with Crippen molar-refractivity contribution in [2.75, 3.05) is 18.9 Å². The normalized spacial score (nSPS) is 16.3. The van der Waals surface area contributed by atoms with E-state index in [2.05, 4.69) is 4.98 Å². The molecule has 2 aromatic rings. The Kier molecular flexibility index (Phi) is 3.25. The van der Waals surface area contributed by atoms with Crippen molar-refractivity contribution in [2.24, 2.45) is 0 Å². The smallest absolute Gasteiger partial charge is 0.356 e. The van der Waals surface area contributed by atoms with Gasteiger partial charge in [-0.3, -0.25) is 0 Å². The van der Waals surface area contributed by atoms with Crippen molar-refractivity contribution in [2.45, 2.75) is 5.92 Å². The molecule has 0 amide bonds. The van der Waals surface area contributed by atoms with Crippen LogP contribution in [0.3, 0.4) is 0 Å². The van der Waals surface area contributed by atoms with E-state index in [1.807, 2.05) is 24.3 Å². The molecule has 2 N–H and O–H groups in total. The molecule has 1 aliphatic rings. The van der Waals surface area contributed by atoms with E-state index in [9.17, 15) is 4.79 Å². The van der Waals surface area contributed by atoms with Crippen LogP contribution >= 0.6 is 0 Å². The van der Waals surface area contributed by atoms with Gasteiger partial charge in [0.25, 0.3) is 0 Å².